The first-order valence-electron chi connectivity index (χ1n) is 7.86. The number of halogens is 2. The van der Waals surface area contributed by atoms with Crippen LogP contribution in [-0.2, 0) is 9.53 Å². The number of benzene rings is 1. The molecule has 7 heteroatoms. The lowest BCUT2D eigenvalue weighted by Crippen LogP contribution is -2.50. The first-order valence-corrected chi connectivity index (χ1v) is 8.24. The van der Waals surface area contributed by atoms with Crippen molar-refractivity contribution in [3.63, 3.8) is 0 Å². The number of nitrogens with zero attached hydrogens (tertiary/aromatic N) is 1. The van der Waals surface area contributed by atoms with Crippen molar-refractivity contribution in [3.8, 4) is 0 Å². The van der Waals surface area contributed by atoms with E-state index in [9.17, 15) is 19.1 Å². The molecule has 0 radical (unpaired) electrons. The van der Waals surface area contributed by atoms with E-state index in [-0.39, 0.29) is 17.1 Å². The van der Waals surface area contributed by atoms with Gasteiger partial charge >= 0.3 is 5.97 Å². The molecule has 1 aliphatic rings. The molecular formula is C17H21ClFNO4. The molecule has 1 saturated heterocycles. The zero-order valence-corrected chi connectivity index (χ0v) is 14.3. The number of hydrogen-bond donors (Lipinski definition) is 1. The second-order valence-corrected chi connectivity index (χ2v) is 6.57. The second-order valence-electron chi connectivity index (χ2n) is 6.14. The second kappa shape index (κ2) is 7.94. The highest BCUT2D eigenvalue weighted by molar-refractivity contribution is 6.30. The van der Waals surface area contributed by atoms with E-state index in [1.54, 1.807) is 7.11 Å². The lowest BCUT2D eigenvalue weighted by molar-refractivity contribution is -0.152. The van der Waals surface area contributed by atoms with Crippen molar-refractivity contribution in [2.75, 3.05) is 26.8 Å². The molecule has 0 spiro atoms. The molecule has 0 unspecified atom stereocenters. The lowest BCUT2D eigenvalue weighted by atomic mass is 9.76. The van der Waals surface area contributed by atoms with Gasteiger partial charge in [0.15, 0.2) is 0 Å². The van der Waals surface area contributed by atoms with Gasteiger partial charge in [0.25, 0.3) is 5.91 Å². The number of carboxylic acid groups (broad SMARTS) is 1. The number of carbonyl (C=O) groups is 2. The number of rotatable bonds is 6. The standard InChI is InChI=1S/C17H21ClFNO4/c1-24-9-3-7-17(16(22)23)6-2-8-20(11-17)15(21)13-5-4-12(18)10-14(13)19/h4-5,10H,2-3,6-9,11H2,1H3,(H,22,23)/t17-/m1/s1. The molecule has 132 valence electrons. The lowest BCUT2D eigenvalue weighted by Gasteiger charge is -2.40. The van der Waals surface area contributed by atoms with Gasteiger partial charge in [0.1, 0.15) is 5.82 Å². The molecular weight excluding hydrogens is 337 g/mol. The summed E-state index contributed by atoms with van der Waals surface area (Å²) in [5.74, 6) is -2.12. The van der Waals surface area contributed by atoms with Crippen molar-refractivity contribution in [1.29, 1.82) is 0 Å². The van der Waals surface area contributed by atoms with Crippen LogP contribution in [-0.4, -0.2) is 48.7 Å². The first kappa shape index (κ1) is 18.7. The van der Waals surface area contributed by atoms with Gasteiger partial charge in [-0.05, 0) is 43.9 Å². The molecule has 1 amide bonds. The summed E-state index contributed by atoms with van der Waals surface area (Å²) in [6.45, 7) is 0.960. The SMILES string of the molecule is COCCC[C@]1(C(=O)O)CCCN(C(=O)c2ccc(Cl)cc2F)C1. The molecule has 1 aliphatic heterocycles. The Balaban J connectivity index is 2.18. The van der Waals surface area contributed by atoms with Gasteiger partial charge in [-0.15, -0.1) is 0 Å². The number of likely N-dealkylation sites (tertiary alicyclic amines) is 1. The van der Waals surface area contributed by atoms with Crippen LogP contribution < -0.4 is 0 Å². The van der Waals surface area contributed by atoms with Gasteiger partial charge in [0.05, 0.1) is 11.0 Å². The fourth-order valence-corrected chi connectivity index (χ4v) is 3.34. The van der Waals surface area contributed by atoms with Crippen molar-refractivity contribution in [1.82, 2.24) is 4.90 Å². The minimum absolute atomic E-state index is 0.0763. The average Bonchev–Trinajstić information content (AvgIpc) is 2.54. The Labute approximate surface area is 145 Å². The average molecular weight is 358 g/mol. The van der Waals surface area contributed by atoms with Crippen LogP contribution >= 0.6 is 11.6 Å². The molecule has 1 fully saturated rings. The number of ether oxygens (including phenoxy) is 1. The van der Waals surface area contributed by atoms with Crippen LogP contribution in [0.15, 0.2) is 18.2 Å². The van der Waals surface area contributed by atoms with Crippen molar-refractivity contribution >= 4 is 23.5 Å². The molecule has 5 nitrogen and oxygen atoms in total. The predicted molar refractivity (Wildman–Crippen MR) is 87.7 cm³/mol. The van der Waals surface area contributed by atoms with Crippen molar-refractivity contribution in [3.05, 3.63) is 34.6 Å². The molecule has 1 aromatic carbocycles. The summed E-state index contributed by atoms with van der Waals surface area (Å²) in [5.41, 5.74) is -1.09. The van der Waals surface area contributed by atoms with Crippen LogP contribution in [0.1, 0.15) is 36.0 Å². The quantitative estimate of drug-likeness (QED) is 0.794. The van der Waals surface area contributed by atoms with Gasteiger partial charge in [-0.25, -0.2) is 4.39 Å². The van der Waals surface area contributed by atoms with Crippen LogP contribution in [0.3, 0.4) is 0 Å². The van der Waals surface area contributed by atoms with Crippen LogP contribution in [0.4, 0.5) is 4.39 Å². The third kappa shape index (κ3) is 4.05. The number of aliphatic carboxylic acids is 1. The van der Waals surface area contributed by atoms with E-state index in [4.69, 9.17) is 16.3 Å². The topological polar surface area (TPSA) is 66.8 Å². The monoisotopic (exact) mass is 357 g/mol. The van der Waals surface area contributed by atoms with Crippen LogP contribution in [0.5, 0.6) is 0 Å². The van der Waals surface area contributed by atoms with E-state index in [2.05, 4.69) is 0 Å². The zero-order chi connectivity index (χ0) is 17.7. The summed E-state index contributed by atoms with van der Waals surface area (Å²) in [6.07, 6.45) is 2.09. The molecule has 24 heavy (non-hydrogen) atoms. The summed E-state index contributed by atoms with van der Waals surface area (Å²) in [7, 11) is 1.56. The molecule has 1 aromatic rings. The molecule has 0 aliphatic carbocycles. The van der Waals surface area contributed by atoms with Gasteiger partial charge in [-0.3, -0.25) is 9.59 Å². The summed E-state index contributed by atoms with van der Waals surface area (Å²) in [6, 6.07) is 3.87. The Kier molecular flexibility index (Phi) is 6.18. The largest absolute Gasteiger partial charge is 0.481 e. The Hall–Kier alpha value is -1.66. The Bertz CT molecular complexity index is 625. The molecule has 1 N–H and O–H groups in total. The van der Waals surface area contributed by atoms with Crippen LogP contribution in [0, 0.1) is 11.2 Å². The summed E-state index contributed by atoms with van der Waals surface area (Å²) in [4.78, 5) is 25.8. The minimum atomic E-state index is -1.00. The summed E-state index contributed by atoms with van der Waals surface area (Å²) in [5, 5.41) is 9.89. The molecule has 0 aromatic heterocycles. The zero-order valence-electron chi connectivity index (χ0n) is 13.6. The van der Waals surface area contributed by atoms with Gasteiger partial charge < -0.3 is 14.7 Å². The number of carbonyl (C=O) groups excluding carboxylic acids is 1. The third-order valence-corrected chi connectivity index (χ3v) is 4.72. The van der Waals surface area contributed by atoms with Crippen molar-refractivity contribution < 1.29 is 23.8 Å². The predicted octanol–water partition coefficient (Wildman–Crippen LogP) is 3.21. The van der Waals surface area contributed by atoms with E-state index in [1.165, 1.54) is 17.0 Å². The van der Waals surface area contributed by atoms with Crippen molar-refractivity contribution in [2.45, 2.75) is 25.7 Å². The molecule has 2 rings (SSSR count). The highest BCUT2D eigenvalue weighted by Crippen LogP contribution is 2.36. The highest BCUT2D eigenvalue weighted by atomic mass is 35.5. The summed E-state index contributed by atoms with van der Waals surface area (Å²) < 4.78 is 19.0. The van der Waals surface area contributed by atoms with Gasteiger partial charge in [-0.2, -0.15) is 0 Å². The molecule has 0 saturated carbocycles. The van der Waals surface area contributed by atoms with E-state index in [0.717, 1.165) is 6.07 Å². The number of methoxy groups -OCH3 is 1. The fraction of sp³-hybridized carbons (Fsp3) is 0.529. The van der Waals surface area contributed by atoms with Gasteiger partial charge in [0, 0.05) is 31.8 Å². The Morgan fingerprint density at radius 3 is 2.83 bits per heavy atom. The van der Waals surface area contributed by atoms with Crippen LogP contribution in [0.25, 0.3) is 0 Å². The third-order valence-electron chi connectivity index (χ3n) is 4.48. The minimum Gasteiger partial charge on any atom is -0.481 e. The number of piperidine rings is 1. The molecule has 0 bridgehead atoms. The van der Waals surface area contributed by atoms with E-state index in [1.807, 2.05) is 0 Å². The Morgan fingerprint density at radius 1 is 1.46 bits per heavy atom. The van der Waals surface area contributed by atoms with E-state index < -0.39 is 23.1 Å². The fourth-order valence-electron chi connectivity index (χ4n) is 3.18. The number of hydrogen-bond acceptors (Lipinski definition) is 3. The summed E-state index contributed by atoms with van der Waals surface area (Å²) >= 11 is 5.71. The maximum atomic E-state index is 14.0. The molecule has 1 atom stereocenters. The maximum absolute atomic E-state index is 14.0. The first-order chi connectivity index (χ1) is 11.4. The maximum Gasteiger partial charge on any atom is 0.311 e. The normalized spacial score (nSPS) is 20.9. The number of amides is 1. The van der Waals surface area contributed by atoms with E-state index in [0.29, 0.717) is 38.8 Å². The van der Waals surface area contributed by atoms with Gasteiger partial charge in [-0.1, -0.05) is 11.6 Å². The van der Waals surface area contributed by atoms with Crippen molar-refractivity contribution in [2.24, 2.45) is 5.41 Å². The van der Waals surface area contributed by atoms with Crippen LogP contribution in [0.2, 0.25) is 5.02 Å². The van der Waals surface area contributed by atoms with Gasteiger partial charge in [0.2, 0.25) is 0 Å². The Morgan fingerprint density at radius 2 is 2.21 bits per heavy atom. The number of carboxylic acids is 1. The highest BCUT2D eigenvalue weighted by Gasteiger charge is 2.43. The smallest absolute Gasteiger partial charge is 0.311 e. The van der Waals surface area contributed by atoms with E-state index >= 15 is 0 Å². The molecule has 1 heterocycles.